The van der Waals surface area contributed by atoms with Crippen molar-refractivity contribution in [3.63, 3.8) is 0 Å². The van der Waals surface area contributed by atoms with Crippen LogP contribution in [0, 0.1) is 0 Å². The number of aliphatic hydroxyl groups is 1. The van der Waals surface area contributed by atoms with E-state index in [-0.39, 0.29) is 30.6 Å². The number of ether oxygens (including phenoxy) is 3. The van der Waals surface area contributed by atoms with E-state index in [0.717, 1.165) is 53.0 Å². The van der Waals surface area contributed by atoms with Crippen LogP contribution >= 0.6 is 11.8 Å². The van der Waals surface area contributed by atoms with Crippen molar-refractivity contribution in [2.24, 2.45) is 0 Å². The first-order valence-electron chi connectivity index (χ1n) is 16.7. The smallest absolute Gasteiger partial charge is 0.224 e. The van der Waals surface area contributed by atoms with Gasteiger partial charge in [-0.3, -0.25) is 9.59 Å². The van der Waals surface area contributed by atoms with E-state index in [1.807, 2.05) is 84.9 Å². The van der Waals surface area contributed by atoms with Gasteiger partial charge < -0.3 is 35.7 Å². The molecule has 4 aromatic rings. The topological polar surface area (TPSA) is 132 Å². The van der Waals surface area contributed by atoms with Gasteiger partial charge in [-0.25, -0.2) is 0 Å². The van der Waals surface area contributed by atoms with Gasteiger partial charge in [0.2, 0.25) is 11.8 Å². The quantitative estimate of drug-likeness (QED) is 0.0530. The van der Waals surface area contributed by atoms with Gasteiger partial charge in [-0.05, 0) is 60.4 Å². The minimum atomic E-state index is -0.632. The zero-order valence-corrected chi connectivity index (χ0v) is 28.6. The van der Waals surface area contributed by atoms with Crippen molar-refractivity contribution in [2.75, 3.05) is 29.2 Å². The lowest BCUT2D eigenvalue weighted by Crippen LogP contribution is -2.31. The van der Waals surface area contributed by atoms with E-state index in [4.69, 9.17) is 19.9 Å². The highest BCUT2D eigenvalue weighted by Crippen LogP contribution is 2.40. The molecule has 0 bridgehead atoms. The number of nitrogens with one attached hydrogen (secondary N) is 2. The zero-order chi connectivity index (χ0) is 34.4. The lowest BCUT2D eigenvalue weighted by atomic mass is 10.0. The second-order valence-electron chi connectivity index (χ2n) is 12.0. The van der Waals surface area contributed by atoms with E-state index in [1.165, 1.54) is 0 Å². The first kappa shape index (κ1) is 35.9. The number of anilines is 3. The summed E-state index contributed by atoms with van der Waals surface area (Å²) in [5, 5.41) is 15.4. The van der Waals surface area contributed by atoms with Crippen LogP contribution in [0.4, 0.5) is 17.1 Å². The van der Waals surface area contributed by atoms with Gasteiger partial charge in [0.15, 0.2) is 6.29 Å². The Kier molecular flexibility index (Phi) is 13.5. The summed E-state index contributed by atoms with van der Waals surface area (Å²) in [5.74, 6) is 1.41. The average molecular weight is 684 g/mol. The molecule has 0 saturated carbocycles. The Morgan fingerprint density at radius 1 is 0.837 bits per heavy atom. The molecular formula is C39H45N3O6S. The minimum Gasteiger partial charge on any atom is -0.496 e. The van der Waals surface area contributed by atoms with Crippen molar-refractivity contribution in [2.45, 2.75) is 74.9 Å². The van der Waals surface area contributed by atoms with Gasteiger partial charge in [-0.2, -0.15) is 0 Å². The molecule has 2 amide bonds. The van der Waals surface area contributed by atoms with E-state index in [1.54, 1.807) is 31.0 Å². The lowest BCUT2D eigenvalue weighted by molar-refractivity contribution is -0.245. The van der Waals surface area contributed by atoms with Crippen LogP contribution in [0.2, 0.25) is 0 Å². The van der Waals surface area contributed by atoms with Crippen molar-refractivity contribution < 1.29 is 28.9 Å². The fourth-order valence-corrected chi connectivity index (χ4v) is 6.73. The maximum Gasteiger partial charge on any atom is 0.224 e. The SMILES string of the molecule is COc1ccccc1SC[C@H]1C[C@@H](c2ccc(CO)cc2)O[C@@H](c2cccc(NC(=O)CCCCCCC(=O)Nc3ccccc3N)c2)O1. The number of thioether (sulfide) groups is 1. The lowest BCUT2D eigenvalue weighted by Gasteiger charge is -2.36. The Bertz CT molecular complexity index is 1670. The summed E-state index contributed by atoms with van der Waals surface area (Å²) in [4.78, 5) is 26.1. The number of nitrogen functional groups attached to an aromatic ring is 1. The van der Waals surface area contributed by atoms with E-state index in [2.05, 4.69) is 10.6 Å². The number of para-hydroxylation sites is 3. The normalized spacial score (nSPS) is 17.3. The summed E-state index contributed by atoms with van der Waals surface area (Å²) in [5.41, 5.74) is 10.4. The third-order valence-corrected chi connectivity index (χ3v) is 9.53. The monoisotopic (exact) mass is 683 g/mol. The van der Waals surface area contributed by atoms with Gasteiger partial charge in [0.25, 0.3) is 0 Å². The Morgan fingerprint density at radius 3 is 2.29 bits per heavy atom. The number of carbonyl (C=O) groups excluding carboxylic acids is 2. The second-order valence-corrected chi connectivity index (χ2v) is 13.1. The number of hydrogen-bond donors (Lipinski definition) is 4. The van der Waals surface area contributed by atoms with Crippen molar-refractivity contribution in [1.82, 2.24) is 0 Å². The van der Waals surface area contributed by atoms with Crippen LogP contribution in [0.3, 0.4) is 0 Å². The van der Waals surface area contributed by atoms with Crippen molar-refractivity contribution in [1.29, 1.82) is 0 Å². The molecule has 1 aliphatic rings. The molecule has 1 saturated heterocycles. The molecular weight excluding hydrogens is 639 g/mol. The fourth-order valence-electron chi connectivity index (χ4n) is 5.68. The third kappa shape index (κ3) is 10.8. The summed E-state index contributed by atoms with van der Waals surface area (Å²) >= 11 is 1.68. The molecule has 49 heavy (non-hydrogen) atoms. The van der Waals surface area contributed by atoms with Gasteiger partial charge in [-0.1, -0.05) is 73.5 Å². The predicted molar refractivity (Wildman–Crippen MR) is 194 cm³/mol. The van der Waals surface area contributed by atoms with Crippen LogP contribution in [0.25, 0.3) is 0 Å². The van der Waals surface area contributed by atoms with Crippen LogP contribution in [0.1, 0.15) is 74.0 Å². The highest BCUT2D eigenvalue weighted by Gasteiger charge is 2.32. The number of benzene rings is 4. The molecule has 5 N–H and O–H groups in total. The highest BCUT2D eigenvalue weighted by atomic mass is 32.2. The summed E-state index contributed by atoms with van der Waals surface area (Å²) < 4.78 is 18.6. The maximum atomic E-state index is 12.8. The van der Waals surface area contributed by atoms with E-state index in [9.17, 15) is 14.7 Å². The molecule has 0 aromatic heterocycles. The average Bonchev–Trinajstić information content (AvgIpc) is 3.13. The van der Waals surface area contributed by atoms with Gasteiger partial charge >= 0.3 is 0 Å². The molecule has 1 aliphatic heterocycles. The molecule has 1 fully saturated rings. The molecule has 0 unspecified atom stereocenters. The minimum absolute atomic E-state index is 0.0155. The largest absolute Gasteiger partial charge is 0.496 e. The highest BCUT2D eigenvalue weighted by molar-refractivity contribution is 7.99. The number of hydrogen-bond acceptors (Lipinski definition) is 8. The fraction of sp³-hybridized carbons (Fsp3) is 0.333. The van der Waals surface area contributed by atoms with Gasteiger partial charge in [-0.15, -0.1) is 11.8 Å². The third-order valence-electron chi connectivity index (χ3n) is 8.34. The van der Waals surface area contributed by atoms with Crippen LogP contribution in [-0.2, 0) is 25.7 Å². The predicted octanol–water partition coefficient (Wildman–Crippen LogP) is 8.03. The molecule has 9 nitrogen and oxygen atoms in total. The molecule has 0 aliphatic carbocycles. The molecule has 3 atom stereocenters. The number of aliphatic hydroxyl groups excluding tert-OH is 1. The van der Waals surface area contributed by atoms with Crippen molar-refractivity contribution >= 4 is 40.6 Å². The van der Waals surface area contributed by atoms with Crippen LogP contribution in [0.15, 0.2) is 102 Å². The summed E-state index contributed by atoms with van der Waals surface area (Å²) in [6.45, 7) is -0.0155. The Hall–Kier alpha value is -4.35. The summed E-state index contributed by atoms with van der Waals surface area (Å²) in [6, 6.07) is 30.6. The first-order chi connectivity index (χ1) is 23.9. The van der Waals surface area contributed by atoms with Crippen molar-refractivity contribution in [3.8, 4) is 5.75 Å². The number of methoxy groups -OCH3 is 1. The number of amides is 2. The van der Waals surface area contributed by atoms with E-state index < -0.39 is 6.29 Å². The number of unbranched alkanes of at least 4 members (excludes halogenated alkanes) is 3. The van der Waals surface area contributed by atoms with Crippen LogP contribution in [0.5, 0.6) is 5.75 Å². The Labute approximate surface area is 292 Å². The first-order valence-corrected chi connectivity index (χ1v) is 17.7. The molecule has 1 heterocycles. The number of rotatable bonds is 16. The van der Waals surface area contributed by atoms with Crippen molar-refractivity contribution in [3.05, 3.63) is 114 Å². The van der Waals surface area contributed by atoms with Gasteiger partial charge in [0.05, 0.1) is 37.3 Å². The van der Waals surface area contributed by atoms with Gasteiger partial charge in [0.1, 0.15) is 5.75 Å². The molecule has 10 heteroatoms. The second kappa shape index (κ2) is 18.4. The molecule has 0 radical (unpaired) electrons. The maximum absolute atomic E-state index is 12.8. The molecule has 0 spiro atoms. The standard InChI is InChI=1S/C39H45N3O6S/c1-46-34-15-8-9-16-36(34)49-26-31-24-35(28-21-19-27(25-43)20-22-28)48-39(47-31)29-11-10-12-30(23-29)41-37(44)17-4-2-3-5-18-38(45)42-33-14-7-6-13-32(33)40/h6-16,19-23,31,35,39,43H,2-5,17-18,24-26,40H2,1H3,(H,41,44)(H,42,45)/t31-,35+,39+/m1/s1. The zero-order valence-electron chi connectivity index (χ0n) is 27.8. The molecule has 5 rings (SSSR count). The van der Waals surface area contributed by atoms with Crippen LogP contribution < -0.4 is 21.1 Å². The Balaban J connectivity index is 1.13. The summed E-state index contributed by atoms with van der Waals surface area (Å²) in [7, 11) is 1.67. The van der Waals surface area contributed by atoms with Gasteiger partial charge in [0, 0.05) is 41.2 Å². The molecule has 4 aromatic carbocycles. The summed E-state index contributed by atoms with van der Waals surface area (Å²) in [6.07, 6.45) is 3.70. The van der Waals surface area contributed by atoms with E-state index in [0.29, 0.717) is 42.1 Å². The molecule has 258 valence electrons. The van der Waals surface area contributed by atoms with Crippen LogP contribution in [-0.4, -0.2) is 35.9 Å². The number of nitrogens with two attached hydrogens (primary N) is 1. The number of carbonyl (C=O) groups is 2. The van der Waals surface area contributed by atoms with E-state index >= 15 is 0 Å². The Morgan fingerprint density at radius 2 is 1.55 bits per heavy atom.